The Bertz CT molecular complexity index is 5160. The summed E-state index contributed by atoms with van der Waals surface area (Å²) in [5.74, 6) is 0. The lowest BCUT2D eigenvalue weighted by molar-refractivity contribution is 0.627. The lowest BCUT2D eigenvalue weighted by Gasteiger charge is -2.43. The molecule has 0 spiro atoms. The summed E-state index contributed by atoms with van der Waals surface area (Å²) < 4.78 is 0. The zero-order valence-corrected chi connectivity index (χ0v) is 51.0. The van der Waals surface area contributed by atoms with Gasteiger partial charge in [-0.1, -0.05) is 250 Å². The summed E-state index contributed by atoms with van der Waals surface area (Å²) in [6.07, 6.45) is 0. The number of rotatable bonds is 4. The lowest BCUT2D eigenvalue weighted by Crippen LogP contribution is -2.31. The number of fused-ring (bicyclic) bond motifs is 16. The molecule has 0 saturated heterocycles. The second-order valence-corrected chi connectivity index (χ2v) is 27.8. The molecule has 88 heavy (non-hydrogen) atoms. The van der Waals surface area contributed by atoms with Crippen molar-refractivity contribution in [2.45, 2.75) is 77.0 Å². The molecule has 418 valence electrons. The van der Waals surface area contributed by atoms with E-state index in [0.717, 1.165) is 0 Å². The molecule has 15 aromatic carbocycles. The van der Waals surface area contributed by atoms with E-state index in [2.05, 4.69) is 308 Å². The third-order valence-corrected chi connectivity index (χ3v) is 22.1. The van der Waals surface area contributed by atoms with E-state index in [0.29, 0.717) is 0 Å². The van der Waals surface area contributed by atoms with Crippen LogP contribution in [0.15, 0.2) is 243 Å². The van der Waals surface area contributed by atoms with Crippen LogP contribution >= 0.6 is 0 Å². The van der Waals surface area contributed by atoms with Gasteiger partial charge in [0.25, 0.3) is 0 Å². The van der Waals surface area contributed by atoms with Gasteiger partial charge in [-0.2, -0.15) is 0 Å². The molecule has 0 unspecified atom stereocenters. The third kappa shape index (κ3) is 6.13. The van der Waals surface area contributed by atoms with Gasteiger partial charge < -0.3 is 9.80 Å². The molecule has 0 bridgehead atoms. The Hall–Kier alpha value is -10.0. The quantitative estimate of drug-likeness (QED) is 0.173. The molecular formula is C86H64N2. The van der Waals surface area contributed by atoms with Crippen LogP contribution in [0.5, 0.6) is 0 Å². The minimum Gasteiger partial charge on any atom is -0.309 e. The van der Waals surface area contributed by atoms with Gasteiger partial charge in [0.1, 0.15) is 0 Å². The van der Waals surface area contributed by atoms with Gasteiger partial charge in [-0.05, 0) is 191 Å². The molecular weight excluding hydrogens is 1060 g/mol. The predicted octanol–water partition coefficient (Wildman–Crippen LogP) is 23.6. The number of benzene rings is 13. The van der Waals surface area contributed by atoms with Crippen LogP contribution in [0.2, 0.25) is 0 Å². The Labute approximate surface area is 514 Å². The molecule has 0 aromatic heterocycles. The molecule has 0 radical (unpaired) electrons. The summed E-state index contributed by atoms with van der Waals surface area (Å²) in [7, 11) is 0. The average molecular weight is 1130 g/mol. The van der Waals surface area contributed by atoms with Crippen LogP contribution in [0, 0.1) is 0 Å². The maximum Gasteiger partial charge on any atom is 0.0540 e. The molecule has 2 nitrogen and oxygen atoms in total. The summed E-state index contributed by atoms with van der Waals surface area (Å²) in [5.41, 5.74) is 28.0. The molecule has 2 heteroatoms. The summed E-state index contributed by atoms with van der Waals surface area (Å²) in [6, 6.07) is 93.6. The van der Waals surface area contributed by atoms with Crippen molar-refractivity contribution in [1.29, 1.82) is 0 Å². The van der Waals surface area contributed by atoms with Gasteiger partial charge in [0, 0.05) is 32.4 Å². The summed E-state index contributed by atoms with van der Waals surface area (Å²) in [5, 5.41) is 15.5. The SMILES string of the molecule is CC1(C)c2ccccc2-c2cc3c(cc21)N(c1ccc2c4c(-c5ccccc5)c5c6cccc7c(N8c9ccccc9C(C)(C)c9cc%10c(cc98)C(C)(C)c8ccccc8-%10)ccc(c5c(-c5ccccc5)c4c4cccc1c42)c76)c1ccccc1C3(C)C. The third-order valence-electron chi connectivity index (χ3n) is 22.1. The van der Waals surface area contributed by atoms with Crippen LogP contribution in [-0.4, -0.2) is 0 Å². The molecule has 0 fully saturated rings. The fourth-order valence-corrected chi connectivity index (χ4v) is 17.9. The monoisotopic (exact) mass is 1120 g/mol. The van der Waals surface area contributed by atoms with Crippen LogP contribution in [0.4, 0.5) is 34.1 Å². The van der Waals surface area contributed by atoms with Crippen molar-refractivity contribution in [2.24, 2.45) is 0 Å². The van der Waals surface area contributed by atoms with Crippen molar-refractivity contribution >= 4 is 98.8 Å². The molecule has 0 N–H and O–H groups in total. The number of hydrogen-bond acceptors (Lipinski definition) is 2. The second-order valence-electron chi connectivity index (χ2n) is 27.8. The normalized spacial score (nSPS) is 16.0. The van der Waals surface area contributed by atoms with Gasteiger partial charge >= 0.3 is 0 Å². The van der Waals surface area contributed by atoms with Crippen molar-refractivity contribution in [2.75, 3.05) is 9.80 Å². The highest BCUT2D eigenvalue weighted by molar-refractivity contribution is 6.47. The topological polar surface area (TPSA) is 6.48 Å². The first-order chi connectivity index (χ1) is 42.7. The van der Waals surface area contributed by atoms with Gasteiger partial charge in [0.2, 0.25) is 0 Å². The molecule has 0 atom stereocenters. The van der Waals surface area contributed by atoms with E-state index >= 15 is 0 Å². The van der Waals surface area contributed by atoms with Gasteiger partial charge in [-0.3, -0.25) is 0 Å². The Balaban J connectivity index is 0.910. The van der Waals surface area contributed by atoms with Crippen LogP contribution in [0.25, 0.3) is 109 Å². The standard InChI is InChI=1S/C86H64N2/c1-83(2)61-35-17-15-29-51(61)59-45-67-73(47-65(59)83)87(71-39-21-19-37-63(71)85(67,5)6)69-43-41-57-77-53(69)31-23-33-55(77)79-75(49-25-11-9-12-26-49)82-58-42-44-70(54-32-24-34-56(78(54)58)80(82)76(81(57)79)50-27-13-10-14-28-50)88-72-40-22-20-38-64(72)86(7,8)68-46-60-52-30-16-18-36-62(52)84(3,4)66(60)48-74(68)88/h9-48H,1-8H3. The molecule has 2 aliphatic carbocycles. The highest BCUT2D eigenvalue weighted by atomic mass is 15.2. The van der Waals surface area contributed by atoms with E-state index in [9.17, 15) is 0 Å². The molecule has 4 aliphatic rings. The first-order valence-corrected chi connectivity index (χ1v) is 31.6. The van der Waals surface area contributed by atoms with Crippen LogP contribution in [-0.2, 0) is 21.7 Å². The molecule has 15 aromatic rings. The Morgan fingerprint density at radius 2 is 0.534 bits per heavy atom. The van der Waals surface area contributed by atoms with Gasteiger partial charge in [-0.15, -0.1) is 0 Å². The number of para-hydroxylation sites is 2. The highest BCUT2D eigenvalue weighted by Crippen LogP contribution is 2.63. The van der Waals surface area contributed by atoms with Crippen molar-refractivity contribution in [3.05, 3.63) is 287 Å². The largest absolute Gasteiger partial charge is 0.309 e. The van der Waals surface area contributed by atoms with E-state index < -0.39 is 0 Å². The summed E-state index contributed by atoms with van der Waals surface area (Å²) in [6.45, 7) is 19.4. The number of nitrogens with zero attached hydrogens (tertiary/aromatic N) is 2. The molecule has 2 aliphatic heterocycles. The second kappa shape index (κ2) is 16.9. The van der Waals surface area contributed by atoms with E-state index in [4.69, 9.17) is 0 Å². The van der Waals surface area contributed by atoms with Crippen LogP contribution < -0.4 is 9.80 Å². The van der Waals surface area contributed by atoms with E-state index in [-0.39, 0.29) is 21.7 Å². The maximum atomic E-state index is 2.62. The fraction of sp³-hybridized carbons (Fsp3) is 0.140. The van der Waals surface area contributed by atoms with Gasteiger partial charge in [0.15, 0.2) is 0 Å². The van der Waals surface area contributed by atoms with E-state index in [1.165, 1.54) is 188 Å². The average Bonchev–Trinajstić information content (AvgIpc) is 1.46. The minimum absolute atomic E-state index is 0.156. The van der Waals surface area contributed by atoms with Crippen molar-refractivity contribution in [3.8, 4) is 44.5 Å². The minimum atomic E-state index is -0.246. The van der Waals surface area contributed by atoms with Crippen LogP contribution in [0.3, 0.4) is 0 Å². The zero-order valence-electron chi connectivity index (χ0n) is 51.0. The van der Waals surface area contributed by atoms with E-state index in [1.54, 1.807) is 0 Å². The predicted molar refractivity (Wildman–Crippen MR) is 373 cm³/mol. The van der Waals surface area contributed by atoms with Gasteiger partial charge in [0.05, 0.1) is 34.1 Å². The Morgan fingerprint density at radius 3 is 0.943 bits per heavy atom. The molecule has 19 rings (SSSR count). The van der Waals surface area contributed by atoms with Crippen molar-refractivity contribution in [1.82, 2.24) is 0 Å². The summed E-state index contributed by atoms with van der Waals surface area (Å²) in [4.78, 5) is 5.25. The number of hydrogen-bond donors (Lipinski definition) is 0. The Morgan fingerprint density at radius 1 is 0.205 bits per heavy atom. The lowest BCUT2D eigenvalue weighted by atomic mass is 9.71. The molecule has 0 saturated carbocycles. The van der Waals surface area contributed by atoms with Crippen molar-refractivity contribution in [3.63, 3.8) is 0 Å². The van der Waals surface area contributed by atoms with Crippen molar-refractivity contribution < 1.29 is 0 Å². The smallest absolute Gasteiger partial charge is 0.0540 e. The zero-order chi connectivity index (χ0) is 59.1. The maximum absolute atomic E-state index is 2.62. The molecule has 2 heterocycles. The van der Waals surface area contributed by atoms with Gasteiger partial charge in [-0.25, -0.2) is 0 Å². The number of anilines is 6. The first-order valence-electron chi connectivity index (χ1n) is 31.6. The Kier molecular flexibility index (Phi) is 9.65. The molecule has 0 amide bonds. The highest BCUT2D eigenvalue weighted by Gasteiger charge is 2.45. The summed E-state index contributed by atoms with van der Waals surface area (Å²) >= 11 is 0. The fourth-order valence-electron chi connectivity index (χ4n) is 17.9. The van der Waals surface area contributed by atoms with E-state index in [1.807, 2.05) is 0 Å². The first kappa shape index (κ1) is 50.2. The van der Waals surface area contributed by atoms with Crippen LogP contribution in [0.1, 0.15) is 99.9 Å².